The molecule has 0 aliphatic heterocycles. The second kappa shape index (κ2) is 25.4. The molecule has 0 aliphatic carbocycles. The van der Waals surface area contributed by atoms with Crippen LogP contribution in [0.15, 0.2) is 0 Å². The summed E-state index contributed by atoms with van der Waals surface area (Å²) in [4.78, 5) is 0. The zero-order chi connectivity index (χ0) is 20.6. The first-order valence-corrected chi connectivity index (χ1v) is 15.5. The van der Waals surface area contributed by atoms with E-state index in [-0.39, 0.29) is 0 Å². The van der Waals surface area contributed by atoms with Crippen LogP contribution in [-0.4, -0.2) is 13.2 Å². The van der Waals surface area contributed by atoms with Gasteiger partial charge in [0.1, 0.15) is 0 Å². The van der Waals surface area contributed by atoms with E-state index in [9.17, 15) is 0 Å². The number of thiol groups is 1. The van der Waals surface area contributed by atoms with Crippen molar-refractivity contribution in [3.63, 3.8) is 0 Å². The fraction of sp³-hybridized carbons (Fsp3) is 1.00. The van der Waals surface area contributed by atoms with E-state index in [0.717, 1.165) is 12.8 Å². The molecule has 0 spiro atoms. The summed E-state index contributed by atoms with van der Waals surface area (Å²) in [5, 5.41) is 0. The first-order chi connectivity index (χ1) is 13.1. The van der Waals surface area contributed by atoms with E-state index < -0.39 is 5.69 Å². The molecule has 0 aromatic heterocycles. The third kappa shape index (κ3) is 27.4. The van der Waals surface area contributed by atoms with E-state index in [1.165, 1.54) is 89.9 Å². The summed E-state index contributed by atoms with van der Waals surface area (Å²) in [5.41, 5.74) is -2.31. The van der Waals surface area contributed by atoms with Gasteiger partial charge in [-0.25, -0.2) is 0 Å². The van der Waals surface area contributed by atoms with Crippen LogP contribution in [0, 0.1) is 0 Å². The van der Waals surface area contributed by atoms with Gasteiger partial charge in [0.05, 0.1) is 13.2 Å². The number of hydrogen-bond acceptors (Lipinski definition) is 4. The Morgan fingerprint density at radius 1 is 0.630 bits per heavy atom. The van der Waals surface area contributed by atoms with E-state index in [1.807, 2.05) is 0 Å². The quantitative estimate of drug-likeness (QED) is 0.0755. The van der Waals surface area contributed by atoms with Crippen molar-refractivity contribution in [2.75, 3.05) is 13.2 Å². The van der Waals surface area contributed by atoms with Gasteiger partial charge < -0.3 is 9.05 Å². The summed E-state index contributed by atoms with van der Waals surface area (Å²) >= 11 is 10.5. The van der Waals surface area contributed by atoms with Crippen molar-refractivity contribution >= 4 is 29.7 Å². The first kappa shape index (κ1) is 30.6. The molecule has 0 fully saturated rings. The molecule has 0 aliphatic rings. The Balaban J connectivity index is 0. The summed E-state index contributed by atoms with van der Waals surface area (Å²) in [6.45, 7) is 5.92. The van der Waals surface area contributed by atoms with E-state index in [2.05, 4.69) is 26.1 Å². The van der Waals surface area contributed by atoms with Gasteiger partial charge in [-0.15, -0.1) is 0 Å². The maximum atomic E-state index is 8.26. The van der Waals surface area contributed by atoms with Crippen molar-refractivity contribution in [2.24, 2.45) is 0 Å². The van der Waals surface area contributed by atoms with Gasteiger partial charge in [-0.2, -0.15) is 0 Å². The molecule has 7 heteroatoms. The molecule has 0 aromatic rings. The minimum atomic E-state index is -2.31. The van der Waals surface area contributed by atoms with Crippen LogP contribution >= 0.6 is 17.9 Å². The Morgan fingerprint density at radius 2 is 0.889 bits per heavy atom. The number of unbranched alkanes of at least 4 members (excludes halogenated alkanes) is 14. The second-order valence-electron chi connectivity index (χ2n) is 7.08. The maximum absolute atomic E-state index is 8.26. The number of hydrogen-bond donors (Lipinski definition) is 1. The molecular weight excluding hydrogens is 479 g/mol. The Morgan fingerprint density at radius 3 is 1.19 bits per heavy atom. The predicted molar refractivity (Wildman–Crippen MR) is 121 cm³/mol. The number of rotatable bonds is 20. The van der Waals surface area contributed by atoms with Crippen molar-refractivity contribution in [3.05, 3.63) is 0 Å². The van der Waals surface area contributed by atoms with Crippen molar-refractivity contribution in [3.8, 4) is 0 Å². The fourth-order valence-corrected chi connectivity index (χ4v) is 4.60. The van der Waals surface area contributed by atoms with Crippen LogP contribution in [0.3, 0.4) is 0 Å². The Kier molecular flexibility index (Phi) is 28.8. The fourth-order valence-electron chi connectivity index (χ4n) is 2.87. The van der Waals surface area contributed by atoms with Gasteiger partial charge in [-0.1, -0.05) is 116 Å². The Hall–Kier alpha value is 1.41. The van der Waals surface area contributed by atoms with E-state index in [4.69, 9.17) is 24.3 Å². The molecule has 0 amide bonds. The van der Waals surface area contributed by atoms with Crippen molar-refractivity contribution in [2.45, 2.75) is 117 Å². The molecule has 3 nitrogen and oxygen atoms in total. The molecule has 27 heavy (non-hydrogen) atoms. The van der Waals surface area contributed by atoms with E-state index in [0.29, 0.717) is 33.0 Å². The van der Waals surface area contributed by atoms with Gasteiger partial charge in [0.15, 0.2) is 0 Å². The molecule has 0 aromatic carbocycles. The summed E-state index contributed by atoms with van der Waals surface area (Å²) in [6, 6.07) is 0. The molecule has 0 heterocycles. The van der Waals surface area contributed by atoms with Gasteiger partial charge in [0.25, 0.3) is 0 Å². The average molecular weight is 523 g/mol. The molecule has 0 rings (SSSR count). The van der Waals surface area contributed by atoms with Gasteiger partial charge in [-0.05, 0) is 24.6 Å². The van der Waals surface area contributed by atoms with Crippen LogP contribution in [0.4, 0.5) is 0 Å². The molecule has 0 bridgehead atoms. The van der Waals surface area contributed by atoms with Crippen molar-refractivity contribution in [1.82, 2.24) is 0 Å². The monoisotopic (exact) mass is 524 g/mol. The van der Waals surface area contributed by atoms with E-state index >= 15 is 0 Å². The van der Waals surface area contributed by atoms with Crippen LogP contribution in [0.25, 0.3) is 0 Å². The van der Waals surface area contributed by atoms with Gasteiger partial charge in [0, 0.05) is 0 Å². The molecule has 0 N–H and O–H groups in total. The molecule has 0 atom stereocenters. The molecule has 0 saturated carbocycles. The van der Waals surface area contributed by atoms with Gasteiger partial charge >= 0.3 is 23.2 Å². The second-order valence-corrected chi connectivity index (χ2v) is 12.4. The van der Waals surface area contributed by atoms with Crippen LogP contribution < -0.4 is 0 Å². The first-order valence-electron chi connectivity index (χ1n) is 10.9. The predicted octanol–water partition coefficient (Wildman–Crippen LogP) is 8.33. The third-order valence-corrected chi connectivity index (χ3v) is 6.85. The summed E-state index contributed by atoms with van der Waals surface area (Å²) in [7, 11) is 0. The van der Waals surface area contributed by atoms with Gasteiger partial charge in [-0.3, -0.25) is 0 Å². The minimum absolute atomic E-state index is 0.700. The standard InChI is InChI=1S/C20H43O2PS2.Mo.O/c1-3-5-7-9-11-13-15-17-19-21-23(24,25)22-20-18-16-14-12-10-8-6-4-2;;/h3-20H2,1-2H3,(H,24,25);;. The van der Waals surface area contributed by atoms with E-state index in [1.54, 1.807) is 0 Å². The van der Waals surface area contributed by atoms with Crippen LogP contribution in [0.5, 0.6) is 0 Å². The summed E-state index contributed by atoms with van der Waals surface area (Å²) < 4.78 is 19.7. The molecular formula is C20H43MoO3PS2. The zero-order valence-corrected chi connectivity index (χ0v) is 22.3. The van der Waals surface area contributed by atoms with Gasteiger partial charge in [0.2, 0.25) is 5.69 Å². The third-order valence-electron chi connectivity index (χ3n) is 4.50. The van der Waals surface area contributed by atoms with Crippen molar-refractivity contribution < 1.29 is 32.2 Å². The van der Waals surface area contributed by atoms with Crippen molar-refractivity contribution in [1.29, 1.82) is 0 Å². The molecule has 0 unspecified atom stereocenters. The summed E-state index contributed by atoms with van der Waals surface area (Å²) in [6.07, 6.45) is 20.8. The average Bonchev–Trinajstić information content (AvgIpc) is 2.67. The molecule has 0 radical (unpaired) electrons. The zero-order valence-electron chi connectivity index (χ0n) is 17.7. The molecule has 0 saturated heterocycles. The Labute approximate surface area is 191 Å². The van der Waals surface area contributed by atoms with Crippen LogP contribution in [-0.2, 0) is 44.0 Å². The SMILES string of the molecule is CCCCCCCCCCOP(=S)(S)OCCCCCCCCCC.[O]=[Mo]. The summed E-state index contributed by atoms with van der Waals surface area (Å²) in [5.74, 6) is 0. The Bertz CT molecular complexity index is 310. The van der Waals surface area contributed by atoms with Crippen LogP contribution in [0.1, 0.15) is 117 Å². The topological polar surface area (TPSA) is 35.5 Å². The van der Waals surface area contributed by atoms with Crippen LogP contribution in [0.2, 0.25) is 0 Å². The molecule has 164 valence electrons. The normalized spacial score (nSPS) is 11.2.